The van der Waals surface area contributed by atoms with E-state index in [9.17, 15) is 0 Å². The van der Waals surface area contributed by atoms with Crippen molar-refractivity contribution in [1.82, 2.24) is 0 Å². The van der Waals surface area contributed by atoms with Crippen molar-refractivity contribution in [3.63, 3.8) is 0 Å². The molecule has 0 N–H and O–H groups in total. The summed E-state index contributed by atoms with van der Waals surface area (Å²) in [5.41, 5.74) is -0.141. The van der Waals surface area contributed by atoms with E-state index >= 15 is 0 Å². The minimum Gasteiger partial charge on any atom is -0.428 e. The Morgan fingerprint density at radius 3 is 2.18 bits per heavy atom. The lowest BCUT2D eigenvalue weighted by molar-refractivity contribution is -0.0548. The molecule has 1 aliphatic rings. The minimum atomic E-state index is -1.65. The van der Waals surface area contributed by atoms with Crippen LogP contribution in [0.5, 0.6) is 0 Å². The van der Waals surface area contributed by atoms with Crippen LogP contribution >= 0.6 is 0 Å². The van der Waals surface area contributed by atoms with Crippen molar-refractivity contribution in [3.8, 4) is 0 Å². The van der Waals surface area contributed by atoms with E-state index in [0.29, 0.717) is 0 Å². The van der Waals surface area contributed by atoms with Gasteiger partial charge >= 0.3 is 7.32 Å². The Bertz CT molecular complexity index is 236. The van der Waals surface area contributed by atoms with Crippen LogP contribution in [0.25, 0.3) is 0 Å². The third-order valence-corrected chi connectivity index (χ3v) is 8.38. The lowest BCUT2D eigenvalue weighted by Gasteiger charge is -2.40. The lowest BCUT2D eigenvalue weighted by atomic mass is 9.95. The molecule has 3 nitrogen and oxygen atoms in total. The second kappa shape index (κ2) is 5.87. The molecular formula is C12H27BO3Si. The van der Waals surface area contributed by atoms with Crippen molar-refractivity contribution in [2.24, 2.45) is 0 Å². The summed E-state index contributed by atoms with van der Waals surface area (Å²) in [5.74, 6) is 0. The van der Waals surface area contributed by atoms with Gasteiger partial charge in [0.05, 0.1) is 5.60 Å². The predicted molar refractivity (Wildman–Crippen MR) is 74.4 cm³/mol. The van der Waals surface area contributed by atoms with Crippen LogP contribution in [0.4, 0.5) is 0 Å². The first-order valence-corrected chi connectivity index (χ1v) is 9.40. The first kappa shape index (κ1) is 15.2. The average Bonchev–Trinajstić information content (AvgIpc) is 2.23. The van der Waals surface area contributed by atoms with E-state index in [1.807, 2.05) is 0 Å². The summed E-state index contributed by atoms with van der Waals surface area (Å²) in [6.45, 7) is 13.0. The molecule has 0 radical (unpaired) electrons. The van der Waals surface area contributed by atoms with Crippen LogP contribution in [0.2, 0.25) is 18.1 Å². The van der Waals surface area contributed by atoms with Crippen molar-refractivity contribution in [2.75, 3.05) is 0 Å². The first-order chi connectivity index (χ1) is 7.86. The van der Waals surface area contributed by atoms with E-state index < -0.39 is 15.6 Å². The summed E-state index contributed by atoms with van der Waals surface area (Å²) in [7, 11) is -2.11. The van der Waals surface area contributed by atoms with Crippen molar-refractivity contribution in [2.45, 2.75) is 77.8 Å². The quantitative estimate of drug-likeness (QED) is 0.705. The minimum absolute atomic E-state index is 0.141. The molecule has 17 heavy (non-hydrogen) atoms. The lowest BCUT2D eigenvalue weighted by Crippen LogP contribution is -2.52. The van der Waals surface area contributed by atoms with E-state index in [1.54, 1.807) is 0 Å². The normalized spacial score (nSPS) is 25.1. The third-order valence-electron chi connectivity index (χ3n) is 3.82. The zero-order valence-corrected chi connectivity index (χ0v) is 13.2. The highest BCUT2D eigenvalue weighted by atomic mass is 28.4. The molecule has 1 atom stereocenters. The molecular weight excluding hydrogens is 231 g/mol. The molecule has 0 aromatic rings. The van der Waals surface area contributed by atoms with Gasteiger partial charge in [0.15, 0.2) is 8.32 Å². The van der Waals surface area contributed by atoms with E-state index in [4.69, 9.17) is 13.7 Å². The molecule has 1 fully saturated rings. The van der Waals surface area contributed by atoms with Gasteiger partial charge in [0, 0.05) is 6.10 Å². The highest BCUT2D eigenvalue weighted by Gasteiger charge is 2.44. The fourth-order valence-corrected chi connectivity index (χ4v) is 5.03. The molecule has 0 aromatic heterocycles. The average molecular weight is 258 g/mol. The van der Waals surface area contributed by atoms with Gasteiger partial charge in [-0.05, 0) is 45.3 Å². The number of hydrogen-bond acceptors (Lipinski definition) is 3. The second-order valence-electron chi connectivity index (χ2n) is 5.68. The summed E-state index contributed by atoms with van der Waals surface area (Å²) in [6, 6.07) is 3.37. The van der Waals surface area contributed by atoms with Crippen LogP contribution < -0.4 is 0 Å². The van der Waals surface area contributed by atoms with Crippen molar-refractivity contribution >= 4 is 15.6 Å². The summed E-state index contributed by atoms with van der Waals surface area (Å²) in [6.07, 6.45) is 1.13. The molecule has 1 saturated heterocycles. The van der Waals surface area contributed by atoms with Crippen LogP contribution in [-0.2, 0) is 13.7 Å². The van der Waals surface area contributed by atoms with Crippen molar-refractivity contribution < 1.29 is 13.7 Å². The molecule has 1 aliphatic heterocycles. The van der Waals surface area contributed by atoms with Gasteiger partial charge in [-0.15, -0.1) is 0 Å². The SMILES string of the molecule is CC[Si](CC)(CC)OB1OC(C)CC(C)(C)O1. The number of rotatable bonds is 5. The summed E-state index contributed by atoms with van der Waals surface area (Å²) < 4.78 is 17.9. The molecule has 0 saturated carbocycles. The Labute approximate surface area is 108 Å². The van der Waals surface area contributed by atoms with Gasteiger partial charge in [-0.1, -0.05) is 20.8 Å². The second-order valence-corrected chi connectivity index (χ2v) is 10.4. The fourth-order valence-electron chi connectivity index (χ4n) is 2.52. The Balaban J connectivity index is 2.66. The van der Waals surface area contributed by atoms with Crippen LogP contribution in [0.15, 0.2) is 0 Å². The predicted octanol–water partition coefficient (Wildman–Crippen LogP) is 3.60. The summed E-state index contributed by atoms with van der Waals surface area (Å²) >= 11 is 0. The Hall–Kier alpha value is 0.162. The van der Waals surface area contributed by atoms with Gasteiger partial charge in [-0.3, -0.25) is 0 Å². The standard InChI is InChI=1S/C12H27BO3Si/c1-7-17(8-2,9-3)16-13-14-11(4)10-12(5,6)15-13/h11H,7-10H2,1-6H3. The summed E-state index contributed by atoms with van der Waals surface area (Å²) in [5, 5.41) is 0. The fraction of sp³-hybridized carbons (Fsp3) is 1.00. The van der Waals surface area contributed by atoms with E-state index in [2.05, 4.69) is 41.5 Å². The maximum Gasteiger partial charge on any atom is 0.629 e. The van der Waals surface area contributed by atoms with Gasteiger partial charge in [0.25, 0.3) is 0 Å². The molecule has 1 unspecified atom stereocenters. The highest BCUT2D eigenvalue weighted by molar-refractivity contribution is 6.78. The van der Waals surface area contributed by atoms with Crippen LogP contribution in [-0.4, -0.2) is 27.3 Å². The third kappa shape index (κ3) is 4.09. The molecule has 0 spiro atoms. The maximum atomic E-state index is 6.23. The van der Waals surface area contributed by atoms with Crippen molar-refractivity contribution in [1.29, 1.82) is 0 Å². The summed E-state index contributed by atoms with van der Waals surface area (Å²) in [4.78, 5) is 0. The Morgan fingerprint density at radius 1 is 1.24 bits per heavy atom. The topological polar surface area (TPSA) is 27.7 Å². The molecule has 0 bridgehead atoms. The highest BCUT2D eigenvalue weighted by Crippen LogP contribution is 2.30. The van der Waals surface area contributed by atoms with Gasteiger partial charge < -0.3 is 13.7 Å². The zero-order chi connectivity index (χ0) is 13.1. The van der Waals surface area contributed by atoms with E-state index in [-0.39, 0.29) is 11.7 Å². The molecule has 0 aromatic carbocycles. The van der Waals surface area contributed by atoms with E-state index in [1.165, 1.54) is 0 Å². The zero-order valence-electron chi connectivity index (χ0n) is 12.2. The molecule has 0 amide bonds. The monoisotopic (exact) mass is 258 g/mol. The molecule has 100 valence electrons. The molecule has 1 heterocycles. The molecule has 1 rings (SSSR count). The largest absolute Gasteiger partial charge is 0.629 e. The maximum absolute atomic E-state index is 6.23. The Kier molecular flexibility index (Phi) is 5.25. The van der Waals surface area contributed by atoms with Gasteiger partial charge in [-0.2, -0.15) is 0 Å². The van der Waals surface area contributed by atoms with Gasteiger partial charge in [-0.25, -0.2) is 0 Å². The molecule has 0 aliphatic carbocycles. The van der Waals surface area contributed by atoms with Gasteiger partial charge in [0.2, 0.25) is 0 Å². The van der Waals surface area contributed by atoms with Gasteiger partial charge in [0.1, 0.15) is 0 Å². The number of hydrogen-bond donors (Lipinski definition) is 0. The first-order valence-electron chi connectivity index (χ1n) is 6.87. The smallest absolute Gasteiger partial charge is 0.428 e. The van der Waals surface area contributed by atoms with Crippen LogP contribution in [0.3, 0.4) is 0 Å². The van der Waals surface area contributed by atoms with E-state index in [0.717, 1.165) is 24.6 Å². The van der Waals surface area contributed by atoms with Crippen molar-refractivity contribution in [3.05, 3.63) is 0 Å². The van der Waals surface area contributed by atoms with Crippen LogP contribution in [0, 0.1) is 0 Å². The molecule has 5 heteroatoms. The Morgan fingerprint density at radius 2 is 1.76 bits per heavy atom. The van der Waals surface area contributed by atoms with Crippen LogP contribution in [0.1, 0.15) is 48.0 Å².